The van der Waals surface area contributed by atoms with E-state index in [1.54, 1.807) is 24.3 Å². The second kappa shape index (κ2) is 10.9. The molecule has 2 heterocycles. The van der Waals surface area contributed by atoms with Crippen LogP contribution < -0.4 is 15.1 Å². The van der Waals surface area contributed by atoms with Crippen LogP contribution in [0.25, 0.3) is 0 Å². The van der Waals surface area contributed by atoms with E-state index in [1.165, 1.54) is 12.1 Å². The monoisotopic (exact) mass is 499 g/mol. The van der Waals surface area contributed by atoms with Crippen LogP contribution in [0.1, 0.15) is 43.0 Å². The molecular weight excluding hydrogens is 470 g/mol. The number of nitro groups is 1. The van der Waals surface area contributed by atoms with E-state index in [0.29, 0.717) is 54.7 Å². The maximum atomic E-state index is 13.5. The summed E-state index contributed by atoms with van der Waals surface area (Å²) in [6.45, 7) is 5.80. The number of rotatable bonds is 6. The van der Waals surface area contributed by atoms with Crippen LogP contribution in [0.2, 0.25) is 5.02 Å². The highest BCUT2D eigenvalue weighted by Gasteiger charge is 2.26. The highest BCUT2D eigenvalue weighted by atomic mass is 35.5. The lowest BCUT2D eigenvalue weighted by atomic mass is 10.1. The first kappa shape index (κ1) is 24.8. The maximum Gasteiger partial charge on any atom is 0.270 e. The van der Waals surface area contributed by atoms with Crippen molar-refractivity contribution < 1.29 is 14.5 Å². The standard InChI is InChI=1S/C25H30ClN5O4/c1-2-23(32)29-13-15-30(16-14-29)24-20(26)7-6-8-21(24)27-25(33)19-17-18(31(34)35)9-10-22(19)28-11-4-3-5-12-28/h6-10,17H,2-5,11-16H2,1H3,(H,27,33). The van der Waals surface area contributed by atoms with Crippen LogP contribution in [0.5, 0.6) is 0 Å². The second-order valence-corrected chi connectivity index (χ2v) is 9.22. The van der Waals surface area contributed by atoms with Crippen LogP contribution in [0, 0.1) is 10.1 Å². The zero-order valence-electron chi connectivity index (χ0n) is 19.8. The highest BCUT2D eigenvalue weighted by molar-refractivity contribution is 6.34. The number of anilines is 3. The van der Waals surface area contributed by atoms with E-state index in [2.05, 4.69) is 15.1 Å². The largest absolute Gasteiger partial charge is 0.371 e. The smallest absolute Gasteiger partial charge is 0.270 e. The summed E-state index contributed by atoms with van der Waals surface area (Å²) in [6, 6.07) is 9.77. The third kappa shape index (κ3) is 5.51. The fourth-order valence-corrected chi connectivity index (χ4v) is 5.05. The Morgan fingerprint density at radius 3 is 2.37 bits per heavy atom. The zero-order chi connectivity index (χ0) is 24.9. The normalized spacial score (nSPS) is 16.2. The average molecular weight is 500 g/mol. The topological polar surface area (TPSA) is 99.0 Å². The van der Waals surface area contributed by atoms with Crippen LogP contribution in [-0.4, -0.2) is 60.9 Å². The third-order valence-corrected chi connectivity index (χ3v) is 6.92. The van der Waals surface area contributed by atoms with Crippen molar-refractivity contribution in [3.05, 3.63) is 57.1 Å². The lowest BCUT2D eigenvalue weighted by Gasteiger charge is -2.37. The van der Waals surface area contributed by atoms with Gasteiger partial charge in [0.05, 0.1) is 32.6 Å². The Kier molecular flexibility index (Phi) is 7.75. The number of piperidine rings is 1. The Labute approximate surface area is 209 Å². The molecule has 2 amide bonds. The first-order valence-corrected chi connectivity index (χ1v) is 12.4. The molecule has 2 aromatic rings. The molecule has 9 nitrogen and oxygen atoms in total. The predicted octanol–water partition coefficient (Wildman–Crippen LogP) is 4.55. The molecule has 10 heteroatoms. The van der Waals surface area contributed by atoms with Crippen molar-refractivity contribution in [1.29, 1.82) is 0 Å². The molecule has 2 aliphatic rings. The number of para-hydroxylation sites is 1. The van der Waals surface area contributed by atoms with Gasteiger partial charge >= 0.3 is 0 Å². The van der Waals surface area contributed by atoms with Crippen molar-refractivity contribution in [1.82, 2.24) is 4.90 Å². The first-order chi connectivity index (χ1) is 16.9. The Balaban J connectivity index is 1.61. The van der Waals surface area contributed by atoms with E-state index in [4.69, 9.17) is 11.6 Å². The fraction of sp³-hybridized carbons (Fsp3) is 0.440. The SMILES string of the molecule is CCC(=O)N1CCN(c2c(Cl)cccc2NC(=O)c2cc([N+](=O)[O-])ccc2N2CCCCC2)CC1. The van der Waals surface area contributed by atoms with E-state index < -0.39 is 10.8 Å². The van der Waals surface area contributed by atoms with Gasteiger partial charge in [0.2, 0.25) is 5.91 Å². The number of nitrogens with one attached hydrogen (secondary N) is 1. The lowest BCUT2D eigenvalue weighted by molar-refractivity contribution is -0.384. The van der Waals surface area contributed by atoms with Crippen molar-refractivity contribution in [3.63, 3.8) is 0 Å². The fourth-order valence-electron chi connectivity index (χ4n) is 4.76. The molecule has 2 aliphatic heterocycles. The van der Waals surface area contributed by atoms with Gasteiger partial charge in [0, 0.05) is 57.8 Å². The van der Waals surface area contributed by atoms with Crippen molar-refractivity contribution in [2.75, 3.05) is 54.4 Å². The number of nitrogens with zero attached hydrogens (tertiary/aromatic N) is 4. The maximum absolute atomic E-state index is 13.5. The molecule has 0 atom stereocenters. The Morgan fingerprint density at radius 2 is 1.71 bits per heavy atom. The Morgan fingerprint density at radius 1 is 1.00 bits per heavy atom. The molecule has 35 heavy (non-hydrogen) atoms. The number of carbonyl (C=O) groups is 2. The van der Waals surface area contributed by atoms with Gasteiger partial charge in [-0.2, -0.15) is 0 Å². The molecule has 2 fully saturated rings. The summed E-state index contributed by atoms with van der Waals surface area (Å²) >= 11 is 6.57. The van der Waals surface area contributed by atoms with Crippen LogP contribution in [-0.2, 0) is 4.79 Å². The highest BCUT2D eigenvalue weighted by Crippen LogP contribution is 2.36. The van der Waals surface area contributed by atoms with Crippen molar-refractivity contribution in [3.8, 4) is 0 Å². The molecule has 0 unspecified atom stereocenters. The summed E-state index contributed by atoms with van der Waals surface area (Å²) in [4.78, 5) is 42.5. The molecular formula is C25H30ClN5O4. The molecule has 2 aromatic carbocycles. The van der Waals surface area contributed by atoms with Gasteiger partial charge in [-0.1, -0.05) is 24.6 Å². The van der Waals surface area contributed by atoms with Crippen molar-refractivity contribution >= 4 is 46.2 Å². The number of hydrogen-bond donors (Lipinski definition) is 1. The van der Waals surface area contributed by atoms with Gasteiger partial charge in [-0.3, -0.25) is 19.7 Å². The number of halogens is 1. The second-order valence-electron chi connectivity index (χ2n) is 8.82. The number of nitro benzene ring substituents is 1. The molecule has 186 valence electrons. The van der Waals surface area contributed by atoms with Crippen LogP contribution in [0.4, 0.5) is 22.7 Å². The minimum Gasteiger partial charge on any atom is -0.371 e. The number of carbonyl (C=O) groups excluding carboxylic acids is 2. The van der Waals surface area contributed by atoms with E-state index in [9.17, 15) is 19.7 Å². The van der Waals surface area contributed by atoms with Gasteiger partial charge < -0.3 is 20.0 Å². The average Bonchev–Trinajstić information content (AvgIpc) is 2.88. The van der Waals surface area contributed by atoms with E-state index in [-0.39, 0.29) is 17.2 Å². The van der Waals surface area contributed by atoms with Crippen LogP contribution >= 0.6 is 11.6 Å². The molecule has 1 N–H and O–H groups in total. The molecule has 0 radical (unpaired) electrons. The predicted molar refractivity (Wildman–Crippen MR) is 138 cm³/mol. The van der Waals surface area contributed by atoms with E-state index >= 15 is 0 Å². The molecule has 4 rings (SSSR count). The van der Waals surface area contributed by atoms with Gasteiger partial charge in [0.15, 0.2) is 0 Å². The van der Waals surface area contributed by atoms with Gasteiger partial charge in [-0.25, -0.2) is 0 Å². The summed E-state index contributed by atoms with van der Waals surface area (Å²) in [7, 11) is 0. The summed E-state index contributed by atoms with van der Waals surface area (Å²) in [5, 5.41) is 14.9. The zero-order valence-corrected chi connectivity index (χ0v) is 20.6. The first-order valence-electron chi connectivity index (χ1n) is 12.0. The number of piperazine rings is 1. The summed E-state index contributed by atoms with van der Waals surface area (Å²) in [5.74, 6) is -0.300. The number of benzene rings is 2. The lowest BCUT2D eigenvalue weighted by Crippen LogP contribution is -2.48. The van der Waals surface area contributed by atoms with Crippen molar-refractivity contribution in [2.24, 2.45) is 0 Å². The number of non-ortho nitro benzene ring substituents is 1. The summed E-state index contributed by atoms with van der Waals surface area (Å²) in [6.07, 6.45) is 3.63. The Hall–Kier alpha value is -3.33. The van der Waals surface area contributed by atoms with Gasteiger partial charge in [0.25, 0.3) is 11.6 Å². The van der Waals surface area contributed by atoms with E-state index in [1.807, 2.05) is 11.8 Å². The molecule has 0 bridgehead atoms. The number of amides is 2. The quantitative estimate of drug-likeness (QED) is 0.462. The minimum absolute atomic E-state index is 0.119. The van der Waals surface area contributed by atoms with Gasteiger partial charge in [-0.05, 0) is 37.5 Å². The molecule has 0 spiro atoms. The number of hydrogen-bond acceptors (Lipinski definition) is 6. The molecule has 0 saturated carbocycles. The van der Waals surface area contributed by atoms with E-state index in [0.717, 1.165) is 32.4 Å². The summed E-state index contributed by atoms with van der Waals surface area (Å²) < 4.78 is 0. The molecule has 2 saturated heterocycles. The van der Waals surface area contributed by atoms with Crippen LogP contribution in [0.3, 0.4) is 0 Å². The molecule has 0 aliphatic carbocycles. The Bertz CT molecular complexity index is 1110. The van der Waals surface area contributed by atoms with Crippen molar-refractivity contribution in [2.45, 2.75) is 32.6 Å². The third-order valence-electron chi connectivity index (χ3n) is 6.62. The van der Waals surface area contributed by atoms with Crippen LogP contribution in [0.15, 0.2) is 36.4 Å². The van der Waals surface area contributed by atoms with Gasteiger partial charge in [-0.15, -0.1) is 0 Å². The minimum atomic E-state index is -0.487. The summed E-state index contributed by atoms with van der Waals surface area (Å²) in [5.41, 5.74) is 2.07. The van der Waals surface area contributed by atoms with Gasteiger partial charge in [0.1, 0.15) is 0 Å². The molecule has 0 aromatic heterocycles.